The molecule has 1 aliphatic heterocycles. The number of amides is 1. The molecule has 0 aliphatic carbocycles. The fourth-order valence-electron chi connectivity index (χ4n) is 2.14. The number of hydrogen-bond acceptors (Lipinski definition) is 3. The second-order valence-electron chi connectivity index (χ2n) is 5.00. The summed E-state index contributed by atoms with van der Waals surface area (Å²) in [5.41, 5.74) is 0.749. The third kappa shape index (κ3) is 2.42. The number of nitrogens with one attached hydrogen (secondary N) is 1. The van der Waals surface area contributed by atoms with Gasteiger partial charge < -0.3 is 15.2 Å². The molecule has 0 fully saturated rings. The van der Waals surface area contributed by atoms with Gasteiger partial charge in [0.05, 0.1) is 18.8 Å². The van der Waals surface area contributed by atoms with Crippen LogP contribution in [-0.4, -0.2) is 23.7 Å². The molecule has 0 radical (unpaired) electrons. The van der Waals surface area contributed by atoms with Crippen molar-refractivity contribution >= 4 is 5.91 Å². The Balaban J connectivity index is 2.34. The van der Waals surface area contributed by atoms with E-state index >= 15 is 0 Å². The van der Waals surface area contributed by atoms with E-state index in [9.17, 15) is 9.90 Å². The van der Waals surface area contributed by atoms with Gasteiger partial charge in [-0.3, -0.25) is 4.79 Å². The van der Waals surface area contributed by atoms with E-state index in [0.717, 1.165) is 11.3 Å². The van der Waals surface area contributed by atoms with Crippen LogP contribution < -0.4 is 10.1 Å². The first-order chi connectivity index (χ1) is 7.90. The van der Waals surface area contributed by atoms with Crippen LogP contribution in [0.2, 0.25) is 0 Å². The molecule has 0 aromatic heterocycles. The summed E-state index contributed by atoms with van der Waals surface area (Å²) in [7, 11) is 1.59. The van der Waals surface area contributed by atoms with Crippen LogP contribution in [0, 0.1) is 0 Å². The average molecular weight is 235 g/mol. The van der Waals surface area contributed by atoms with Crippen LogP contribution in [-0.2, 0) is 0 Å². The molecule has 4 heteroatoms. The molecule has 0 saturated carbocycles. The summed E-state index contributed by atoms with van der Waals surface area (Å²) in [5.74, 6) is 0.637. The van der Waals surface area contributed by atoms with Crippen LogP contribution in [0.5, 0.6) is 5.75 Å². The van der Waals surface area contributed by atoms with Crippen LogP contribution >= 0.6 is 0 Å². The zero-order valence-electron chi connectivity index (χ0n) is 10.3. The van der Waals surface area contributed by atoms with E-state index in [1.165, 1.54) is 0 Å². The summed E-state index contributed by atoms with van der Waals surface area (Å²) in [6.07, 6.45) is 0.485. The minimum absolute atomic E-state index is 0.0862. The molecule has 1 atom stereocenters. The second kappa shape index (κ2) is 4.04. The van der Waals surface area contributed by atoms with Crippen LogP contribution in [0.1, 0.15) is 42.2 Å². The van der Waals surface area contributed by atoms with Crippen molar-refractivity contribution in [3.63, 3.8) is 0 Å². The lowest BCUT2D eigenvalue weighted by Gasteiger charge is -2.22. The van der Waals surface area contributed by atoms with Gasteiger partial charge >= 0.3 is 0 Å². The molecule has 1 aliphatic rings. The topological polar surface area (TPSA) is 58.6 Å². The normalized spacial score (nSPS) is 18.8. The van der Waals surface area contributed by atoms with E-state index in [1.54, 1.807) is 33.1 Å². The number of carbonyl (C=O) groups is 1. The molecule has 1 unspecified atom stereocenters. The number of methoxy groups -OCH3 is 1. The maximum atomic E-state index is 11.7. The van der Waals surface area contributed by atoms with E-state index in [1.807, 2.05) is 6.07 Å². The summed E-state index contributed by atoms with van der Waals surface area (Å²) < 4.78 is 5.15. The maximum absolute atomic E-state index is 11.7. The van der Waals surface area contributed by atoms with Crippen molar-refractivity contribution < 1.29 is 14.6 Å². The van der Waals surface area contributed by atoms with Crippen LogP contribution in [0.15, 0.2) is 18.2 Å². The lowest BCUT2D eigenvalue weighted by atomic mass is 9.94. The van der Waals surface area contributed by atoms with Gasteiger partial charge in [0.1, 0.15) is 5.75 Å². The molecule has 2 N–H and O–H groups in total. The van der Waals surface area contributed by atoms with Crippen molar-refractivity contribution in [1.29, 1.82) is 0 Å². The number of fused-ring (bicyclic) bond motifs is 1. The lowest BCUT2D eigenvalue weighted by molar-refractivity contribution is 0.0590. The molecule has 1 heterocycles. The Morgan fingerprint density at radius 3 is 2.76 bits per heavy atom. The quantitative estimate of drug-likeness (QED) is 0.837. The van der Waals surface area contributed by atoms with Gasteiger partial charge in [-0.2, -0.15) is 0 Å². The fourth-order valence-corrected chi connectivity index (χ4v) is 2.14. The first-order valence-corrected chi connectivity index (χ1v) is 5.62. The van der Waals surface area contributed by atoms with Gasteiger partial charge in [-0.05, 0) is 37.6 Å². The molecule has 1 aromatic rings. The Morgan fingerprint density at radius 2 is 2.18 bits per heavy atom. The van der Waals surface area contributed by atoms with Gasteiger partial charge in [0.25, 0.3) is 5.91 Å². The minimum Gasteiger partial charge on any atom is -0.497 e. The summed E-state index contributed by atoms with van der Waals surface area (Å²) in [6, 6.07) is 5.23. The Bertz CT molecular complexity index is 448. The van der Waals surface area contributed by atoms with Crippen LogP contribution in [0.25, 0.3) is 0 Å². The molecule has 1 aromatic carbocycles. The number of carbonyl (C=O) groups excluding carboxylic acids is 1. The van der Waals surface area contributed by atoms with Gasteiger partial charge in [-0.15, -0.1) is 0 Å². The van der Waals surface area contributed by atoms with E-state index in [4.69, 9.17) is 4.74 Å². The highest BCUT2D eigenvalue weighted by atomic mass is 16.5. The van der Waals surface area contributed by atoms with E-state index in [-0.39, 0.29) is 11.9 Å². The minimum atomic E-state index is -0.817. The molecule has 17 heavy (non-hydrogen) atoms. The van der Waals surface area contributed by atoms with Crippen molar-refractivity contribution in [3.05, 3.63) is 29.3 Å². The van der Waals surface area contributed by atoms with E-state index in [0.29, 0.717) is 12.0 Å². The number of hydrogen-bond donors (Lipinski definition) is 2. The highest BCUT2D eigenvalue weighted by Gasteiger charge is 2.32. The van der Waals surface area contributed by atoms with Gasteiger partial charge in [0, 0.05) is 12.0 Å². The van der Waals surface area contributed by atoms with Gasteiger partial charge in [0.2, 0.25) is 0 Å². The van der Waals surface area contributed by atoms with Crippen molar-refractivity contribution in [2.45, 2.75) is 31.9 Å². The number of ether oxygens (including phenoxy) is 1. The number of benzene rings is 1. The predicted molar refractivity (Wildman–Crippen MR) is 64.1 cm³/mol. The summed E-state index contributed by atoms with van der Waals surface area (Å²) in [6.45, 7) is 3.47. The van der Waals surface area contributed by atoms with Crippen LogP contribution in [0.4, 0.5) is 0 Å². The van der Waals surface area contributed by atoms with E-state index < -0.39 is 5.60 Å². The third-order valence-electron chi connectivity index (χ3n) is 2.89. The lowest BCUT2D eigenvalue weighted by Crippen LogP contribution is -2.28. The zero-order valence-corrected chi connectivity index (χ0v) is 10.3. The Labute approximate surface area is 101 Å². The standard InChI is InChI=1S/C13H17NO3/c1-13(2,16)7-11-10-6-8(17-3)4-5-9(10)12(15)14-11/h4-6,11,16H,7H2,1-3H3,(H,14,15). The Kier molecular flexibility index (Phi) is 2.83. The number of rotatable bonds is 3. The molecule has 92 valence electrons. The van der Waals surface area contributed by atoms with Gasteiger partial charge in [-0.1, -0.05) is 0 Å². The molecule has 4 nitrogen and oxygen atoms in total. The first-order valence-electron chi connectivity index (χ1n) is 5.62. The molecular weight excluding hydrogens is 218 g/mol. The molecule has 0 bridgehead atoms. The van der Waals surface area contributed by atoms with Crippen LogP contribution in [0.3, 0.4) is 0 Å². The van der Waals surface area contributed by atoms with E-state index in [2.05, 4.69) is 5.32 Å². The third-order valence-corrected chi connectivity index (χ3v) is 2.89. The summed E-state index contributed by atoms with van der Waals surface area (Å²) in [5, 5.41) is 12.7. The largest absolute Gasteiger partial charge is 0.497 e. The van der Waals surface area contributed by atoms with Crippen molar-refractivity contribution in [2.24, 2.45) is 0 Å². The molecular formula is C13H17NO3. The summed E-state index contributed by atoms with van der Waals surface area (Å²) >= 11 is 0. The second-order valence-corrected chi connectivity index (χ2v) is 5.00. The fraction of sp³-hybridized carbons (Fsp3) is 0.462. The Hall–Kier alpha value is -1.55. The van der Waals surface area contributed by atoms with Gasteiger partial charge in [0.15, 0.2) is 0 Å². The predicted octanol–water partition coefficient (Wildman–Crippen LogP) is 1.64. The highest BCUT2D eigenvalue weighted by Crippen LogP contribution is 2.33. The van der Waals surface area contributed by atoms with Crippen molar-refractivity contribution in [3.8, 4) is 5.75 Å². The monoisotopic (exact) mass is 235 g/mol. The smallest absolute Gasteiger partial charge is 0.252 e. The first kappa shape index (κ1) is 11.9. The molecule has 0 saturated heterocycles. The van der Waals surface area contributed by atoms with Crippen molar-refractivity contribution in [2.75, 3.05) is 7.11 Å². The average Bonchev–Trinajstić information content (AvgIpc) is 2.53. The highest BCUT2D eigenvalue weighted by molar-refractivity contribution is 5.99. The molecule has 0 spiro atoms. The number of aliphatic hydroxyl groups is 1. The molecule has 2 rings (SSSR count). The SMILES string of the molecule is COc1ccc2c(c1)C(CC(C)(C)O)NC2=O. The van der Waals surface area contributed by atoms with Crippen molar-refractivity contribution in [1.82, 2.24) is 5.32 Å². The Morgan fingerprint density at radius 1 is 1.47 bits per heavy atom. The summed E-state index contributed by atoms with van der Waals surface area (Å²) in [4.78, 5) is 11.7. The zero-order chi connectivity index (χ0) is 12.6. The van der Waals surface area contributed by atoms with Gasteiger partial charge in [-0.25, -0.2) is 0 Å². The molecule has 1 amide bonds. The maximum Gasteiger partial charge on any atom is 0.252 e.